The maximum Gasteiger partial charge on any atom is 0.433 e. The van der Waals surface area contributed by atoms with Gasteiger partial charge in [-0.25, -0.2) is 9.50 Å². The van der Waals surface area contributed by atoms with Gasteiger partial charge in [-0.3, -0.25) is 0 Å². The molecule has 2 aromatic heterocycles. The van der Waals surface area contributed by atoms with E-state index in [9.17, 15) is 13.2 Å². The van der Waals surface area contributed by atoms with Crippen LogP contribution in [0.2, 0.25) is 0 Å². The molecule has 6 heteroatoms. The van der Waals surface area contributed by atoms with Gasteiger partial charge in [-0.1, -0.05) is 30.3 Å². The summed E-state index contributed by atoms with van der Waals surface area (Å²) in [7, 11) is 0. The number of benzene rings is 1. The van der Waals surface area contributed by atoms with Gasteiger partial charge in [0.25, 0.3) is 0 Å². The van der Waals surface area contributed by atoms with Crippen LogP contribution in [0.1, 0.15) is 23.4 Å². The molecule has 2 heterocycles. The Hall–Kier alpha value is -2.37. The second kappa shape index (κ2) is 4.56. The maximum atomic E-state index is 13.5. The summed E-state index contributed by atoms with van der Waals surface area (Å²) in [4.78, 5) is 4.38. The lowest BCUT2D eigenvalue weighted by Crippen LogP contribution is -2.17. The highest BCUT2D eigenvalue weighted by molar-refractivity contribution is 5.64. The Bertz CT molecular complexity index is 850. The van der Waals surface area contributed by atoms with Crippen LogP contribution in [-0.2, 0) is 19.0 Å². The summed E-state index contributed by atoms with van der Waals surface area (Å²) in [6.45, 7) is 0. The van der Waals surface area contributed by atoms with Crippen molar-refractivity contribution < 1.29 is 13.2 Å². The third kappa shape index (κ3) is 1.98. The Labute approximate surface area is 124 Å². The van der Waals surface area contributed by atoms with Crippen molar-refractivity contribution in [1.29, 1.82) is 0 Å². The number of aryl methyl sites for hydroxylation is 1. The van der Waals surface area contributed by atoms with Crippen LogP contribution in [0.3, 0.4) is 0 Å². The smallest absolute Gasteiger partial charge is 0.233 e. The minimum atomic E-state index is -4.43. The molecule has 0 fully saturated rings. The number of alkyl halides is 3. The number of rotatable bonds is 1. The SMILES string of the molecule is FC(F)(F)c1c2c(nc3cc(-c4ccccc4)nn13)CCC2. The lowest BCUT2D eigenvalue weighted by atomic mass is 10.1. The van der Waals surface area contributed by atoms with Crippen LogP contribution in [0.15, 0.2) is 36.4 Å². The number of halogens is 3. The maximum absolute atomic E-state index is 13.5. The summed E-state index contributed by atoms with van der Waals surface area (Å²) in [6.07, 6.45) is -2.71. The summed E-state index contributed by atoms with van der Waals surface area (Å²) in [5.74, 6) is 0. The van der Waals surface area contributed by atoms with Crippen LogP contribution in [0.25, 0.3) is 16.9 Å². The topological polar surface area (TPSA) is 30.2 Å². The van der Waals surface area contributed by atoms with Gasteiger partial charge in [0.05, 0.1) is 5.69 Å². The van der Waals surface area contributed by atoms with E-state index in [4.69, 9.17) is 0 Å². The van der Waals surface area contributed by atoms with E-state index in [0.717, 1.165) is 10.1 Å². The summed E-state index contributed by atoms with van der Waals surface area (Å²) >= 11 is 0. The molecule has 1 aliphatic rings. The van der Waals surface area contributed by atoms with Crippen LogP contribution >= 0.6 is 0 Å². The molecule has 0 atom stereocenters. The van der Waals surface area contributed by atoms with E-state index in [-0.39, 0.29) is 5.65 Å². The molecule has 0 N–H and O–H groups in total. The molecule has 0 unspecified atom stereocenters. The first-order chi connectivity index (χ1) is 10.5. The van der Waals surface area contributed by atoms with Gasteiger partial charge < -0.3 is 0 Å². The van der Waals surface area contributed by atoms with Gasteiger partial charge in [0.1, 0.15) is 0 Å². The van der Waals surface area contributed by atoms with Crippen molar-refractivity contribution in [2.45, 2.75) is 25.4 Å². The average Bonchev–Trinajstić information content (AvgIpc) is 3.09. The predicted molar refractivity (Wildman–Crippen MR) is 75.5 cm³/mol. The summed E-state index contributed by atoms with van der Waals surface area (Å²) in [6, 6.07) is 10.8. The second-order valence-corrected chi connectivity index (χ2v) is 5.40. The first-order valence-corrected chi connectivity index (χ1v) is 7.08. The van der Waals surface area contributed by atoms with Crippen LogP contribution in [0.4, 0.5) is 13.2 Å². The fourth-order valence-electron chi connectivity index (χ4n) is 3.03. The Balaban J connectivity index is 2.01. The third-order valence-electron chi connectivity index (χ3n) is 3.96. The van der Waals surface area contributed by atoms with Gasteiger partial charge in [-0.15, -0.1) is 0 Å². The largest absolute Gasteiger partial charge is 0.433 e. The van der Waals surface area contributed by atoms with Gasteiger partial charge >= 0.3 is 6.18 Å². The zero-order valence-corrected chi connectivity index (χ0v) is 11.6. The molecule has 0 bridgehead atoms. The third-order valence-corrected chi connectivity index (χ3v) is 3.96. The molecule has 22 heavy (non-hydrogen) atoms. The van der Waals surface area contributed by atoms with Crippen molar-refractivity contribution >= 4 is 5.65 Å². The first kappa shape index (κ1) is 13.3. The van der Waals surface area contributed by atoms with E-state index in [0.29, 0.717) is 36.2 Å². The van der Waals surface area contributed by atoms with E-state index in [2.05, 4.69) is 10.1 Å². The zero-order chi connectivity index (χ0) is 15.3. The standard InChI is InChI=1S/C16H12F3N3/c17-16(18,19)15-11-7-4-8-12(11)20-14-9-13(21-22(14)15)10-5-2-1-3-6-10/h1-3,5-6,9H,4,7-8H2. The Morgan fingerprint density at radius 2 is 1.82 bits per heavy atom. The van der Waals surface area contributed by atoms with Crippen LogP contribution in [0.5, 0.6) is 0 Å². The second-order valence-electron chi connectivity index (χ2n) is 5.40. The molecule has 1 aromatic carbocycles. The molecule has 0 saturated heterocycles. The van der Waals surface area contributed by atoms with Crippen LogP contribution in [0, 0.1) is 0 Å². The van der Waals surface area contributed by atoms with Crippen LogP contribution < -0.4 is 0 Å². The molecule has 112 valence electrons. The van der Waals surface area contributed by atoms with Crippen molar-refractivity contribution in [3.8, 4) is 11.3 Å². The molecule has 1 aliphatic carbocycles. The minimum Gasteiger partial charge on any atom is -0.233 e. The molecular weight excluding hydrogens is 291 g/mol. The van der Waals surface area contributed by atoms with Gasteiger partial charge in [0.15, 0.2) is 11.3 Å². The molecular formula is C16H12F3N3. The van der Waals surface area contributed by atoms with Crippen LogP contribution in [-0.4, -0.2) is 14.6 Å². The quantitative estimate of drug-likeness (QED) is 0.682. The average molecular weight is 303 g/mol. The van der Waals surface area contributed by atoms with Gasteiger partial charge in [0, 0.05) is 22.9 Å². The molecule has 0 radical (unpaired) electrons. The molecule has 0 aliphatic heterocycles. The van der Waals surface area contributed by atoms with Crippen molar-refractivity contribution in [2.24, 2.45) is 0 Å². The Morgan fingerprint density at radius 1 is 1.05 bits per heavy atom. The van der Waals surface area contributed by atoms with E-state index in [1.165, 1.54) is 0 Å². The Morgan fingerprint density at radius 3 is 2.55 bits per heavy atom. The normalized spacial score (nSPS) is 14.5. The zero-order valence-electron chi connectivity index (χ0n) is 11.6. The number of fused-ring (bicyclic) bond motifs is 2. The number of nitrogens with zero attached hydrogens (tertiary/aromatic N) is 3. The van der Waals surface area contributed by atoms with E-state index < -0.39 is 11.9 Å². The molecule has 0 amide bonds. The lowest BCUT2D eigenvalue weighted by Gasteiger charge is -2.13. The number of hydrogen-bond acceptors (Lipinski definition) is 2. The molecule has 0 saturated carbocycles. The monoisotopic (exact) mass is 303 g/mol. The van der Waals surface area contributed by atoms with Crippen molar-refractivity contribution in [3.05, 3.63) is 53.3 Å². The predicted octanol–water partition coefficient (Wildman–Crippen LogP) is 3.90. The Kier molecular flexibility index (Phi) is 2.76. The first-order valence-electron chi connectivity index (χ1n) is 7.08. The summed E-state index contributed by atoms with van der Waals surface area (Å²) < 4.78 is 41.4. The minimum absolute atomic E-state index is 0.256. The highest BCUT2D eigenvalue weighted by atomic mass is 19.4. The fourth-order valence-corrected chi connectivity index (χ4v) is 3.03. The summed E-state index contributed by atoms with van der Waals surface area (Å²) in [5.41, 5.74) is 1.71. The van der Waals surface area contributed by atoms with Crippen molar-refractivity contribution in [2.75, 3.05) is 0 Å². The number of aromatic nitrogens is 3. The van der Waals surface area contributed by atoms with Crippen molar-refractivity contribution in [3.63, 3.8) is 0 Å². The number of hydrogen-bond donors (Lipinski definition) is 0. The van der Waals surface area contributed by atoms with Gasteiger partial charge in [-0.2, -0.15) is 18.3 Å². The van der Waals surface area contributed by atoms with Gasteiger partial charge in [0.2, 0.25) is 0 Å². The molecule has 0 spiro atoms. The molecule has 4 rings (SSSR count). The fraction of sp³-hybridized carbons (Fsp3) is 0.250. The molecule has 3 nitrogen and oxygen atoms in total. The summed E-state index contributed by atoms with van der Waals surface area (Å²) in [5, 5.41) is 4.16. The van der Waals surface area contributed by atoms with E-state index in [1.54, 1.807) is 6.07 Å². The lowest BCUT2D eigenvalue weighted by molar-refractivity contribution is -0.143. The highest BCUT2D eigenvalue weighted by Crippen LogP contribution is 2.37. The molecule has 3 aromatic rings. The van der Waals surface area contributed by atoms with E-state index >= 15 is 0 Å². The van der Waals surface area contributed by atoms with Crippen molar-refractivity contribution in [1.82, 2.24) is 14.6 Å². The van der Waals surface area contributed by atoms with Gasteiger partial charge in [-0.05, 0) is 19.3 Å². The highest BCUT2D eigenvalue weighted by Gasteiger charge is 2.39. The van der Waals surface area contributed by atoms with E-state index in [1.807, 2.05) is 30.3 Å².